The molecule has 0 radical (unpaired) electrons. The molecule has 17 heavy (non-hydrogen) atoms. The van der Waals surface area contributed by atoms with Gasteiger partial charge in [0.2, 0.25) is 0 Å². The Kier molecular flexibility index (Phi) is 3.40. The van der Waals surface area contributed by atoms with Crippen molar-refractivity contribution in [1.29, 1.82) is 0 Å². The average molecular weight is 254 g/mol. The van der Waals surface area contributed by atoms with Gasteiger partial charge in [0, 0.05) is 5.56 Å². The molecule has 0 aromatic heterocycles. The molecule has 1 N–H and O–H groups in total. The molecule has 0 atom stereocenters. The van der Waals surface area contributed by atoms with Gasteiger partial charge in [0.1, 0.15) is 0 Å². The highest BCUT2D eigenvalue weighted by molar-refractivity contribution is 5.70. The van der Waals surface area contributed by atoms with Crippen LogP contribution >= 0.6 is 0 Å². The van der Waals surface area contributed by atoms with Crippen LogP contribution in [-0.4, -0.2) is 17.3 Å². The minimum Gasteiger partial charge on any atom is -0.481 e. The Morgan fingerprint density at radius 2 is 1.65 bits per heavy atom. The van der Waals surface area contributed by atoms with Crippen LogP contribution in [-0.2, 0) is 17.1 Å². The fraction of sp³-hybridized carbons (Fsp3) is 0.300. The van der Waals surface area contributed by atoms with Crippen molar-refractivity contribution in [2.45, 2.75) is 18.5 Å². The highest BCUT2D eigenvalue weighted by Crippen LogP contribution is 2.44. The number of benzene rings is 1. The summed E-state index contributed by atoms with van der Waals surface area (Å²) in [6, 6.07) is 3.71. The smallest absolute Gasteiger partial charge is 0.458 e. The predicted molar refractivity (Wildman–Crippen MR) is 47.7 cm³/mol. The van der Waals surface area contributed by atoms with Crippen LogP contribution in [0.25, 0.3) is 0 Å². The Labute approximate surface area is 92.7 Å². The molecule has 1 aromatic carbocycles. The summed E-state index contributed by atoms with van der Waals surface area (Å²) in [4.78, 5) is 10.4. The van der Waals surface area contributed by atoms with Gasteiger partial charge in [-0.1, -0.05) is 24.3 Å². The first-order valence-corrected chi connectivity index (χ1v) is 4.41. The van der Waals surface area contributed by atoms with Gasteiger partial charge in [-0.05, 0) is 5.56 Å². The lowest BCUT2D eigenvalue weighted by atomic mass is 9.99. The van der Waals surface area contributed by atoms with Crippen molar-refractivity contribution in [2.24, 2.45) is 0 Å². The number of aliphatic carboxylic acids is 1. The molecule has 94 valence electrons. The van der Waals surface area contributed by atoms with E-state index in [1.165, 1.54) is 6.07 Å². The lowest BCUT2D eigenvalue weighted by Gasteiger charge is -2.22. The van der Waals surface area contributed by atoms with Crippen LogP contribution in [0.1, 0.15) is 11.1 Å². The first-order valence-electron chi connectivity index (χ1n) is 4.41. The van der Waals surface area contributed by atoms with Crippen molar-refractivity contribution in [2.75, 3.05) is 0 Å². The van der Waals surface area contributed by atoms with E-state index in [1.807, 2.05) is 0 Å². The Morgan fingerprint density at radius 1 is 1.12 bits per heavy atom. The molecule has 0 spiro atoms. The quantitative estimate of drug-likeness (QED) is 0.842. The maximum atomic E-state index is 13.1. The number of hydrogen-bond donors (Lipinski definition) is 1. The highest BCUT2D eigenvalue weighted by atomic mass is 19.4. The molecule has 0 fully saturated rings. The Bertz CT molecular complexity index is 425. The summed E-state index contributed by atoms with van der Waals surface area (Å²) in [5.74, 6) is -6.53. The summed E-state index contributed by atoms with van der Waals surface area (Å²) >= 11 is 0. The third-order valence-corrected chi connectivity index (χ3v) is 2.05. The minimum absolute atomic E-state index is 0.553. The van der Waals surface area contributed by atoms with E-state index in [9.17, 15) is 26.7 Å². The average Bonchev–Trinajstić information content (AvgIpc) is 2.15. The standard InChI is InChI=1S/C10H7F5O2/c11-9(12,10(13,14)15)7-4-2-1-3-6(7)5-8(16)17/h1-4H,5H2,(H,16,17). The van der Waals surface area contributed by atoms with Crippen LogP contribution < -0.4 is 0 Å². The lowest BCUT2D eigenvalue weighted by Crippen LogP contribution is -2.34. The van der Waals surface area contributed by atoms with Gasteiger partial charge in [-0.3, -0.25) is 4.79 Å². The third kappa shape index (κ3) is 2.72. The summed E-state index contributed by atoms with van der Waals surface area (Å²) in [5.41, 5.74) is -1.88. The van der Waals surface area contributed by atoms with E-state index < -0.39 is 35.6 Å². The van der Waals surface area contributed by atoms with E-state index in [0.717, 1.165) is 12.1 Å². The molecule has 0 unspecified atom stereocenters. The Balaban J connectivity index is 3.26. The van der Waals surface area contributed by atoms with Crippen molar-refractivity contribution < 1.29 is 31.9 Å². The summed E-state index contributed by atoms with van der Waals surface area (Å²) in [6.07, 6.45) is -6.64. The number of carboxylic acids is 1. The van der Waals surface area contributed by atoms with Gasteiger partial charge in [0.05, 0.1) is 6.42 Å². The second-order valence-corrected chi connectivity index (χ2v) is 3.30. The largest absolute Gasteiger partial charge is 0.481 e. The number of carboxylic acid groups (broad SMARTS) is 1. The topological polar surface area (TPSA) is 37.3 Å². The predicted octanol–water partition coefficient (Wildman–Crippen LogP) is 2.97. The zero-order valence-electron chi connectivity index (χ0n) is 8.26. The summed E-state index contributed by atoms with van der Waals surface area (Å²) in [5, 5.41) is 8.43. The van der Waals surface area contributed by atoms with Gasteiger partial charge in [-0.15, -0.1) is 0 Å². The number of alkyl halides is 5. The van der Waals surface area contributed by atoms with E-state index in [2.05, 4.69) is 0 Å². The van der Waals surface area contributed by atoms with Crippen molar-refractivity contribution in [3.8, 4) is 0 Å². The number of carbonyl (C=O) groups is 1. The van der Waals surface area contributed by atoms with E-state index in [0.29, 0.717) is 6.07 Å². The van der Waals surface area contributed by atoms with E-state index in [4.69, 9.17) is 5.11 Å². The second kappa shape index (κ2) is 4.31. The third-order valence-electron chi connectivity index (χ3n) is 2.05. The van der Waals surface area contributed by atoms with Gasteiger partial charge >= 0.3 is 18.1 Å². The van der Waals surface area contributed by atoms with Crippen LogP contribution in [0.2, 0.25) is 0 Å². The number of rotatable bonds is 3. The molecule has 2 nitrogen and oxygen atoms in total. The lowest BCUT2D eigenvalue weighted by molar-refractivity contribution is -0.289. The van der Waals surface area contributed by atoms with Crippen LogP contribution in [0.4, 0.5) is 22.0 Å². The SMILES string of the molecule is O=C(O)Cc1ccccc1C(F)(F)C(F)(F)F. The van der Waals surface area contributed by atoms with E-state index >= 15 is 0 Å². The highest BCUT2D eigenvalue weighted by Gasteiger charge is 2.59. The van der Waals surface area contributed by atoms with Crippen LogP contribution in [0.3, 0.4) is 0 Å². The number of halogens is 5. The summed E-state index contributed by atoms with van der Waals surface area (Å²) in [7, 11) is 0. The molecular formula is C10H7F5O2. The van der Waals surface area contributed by atoms with Gasteiger partial charge in [-0.25, -0.2) is 0 Å². The molecule has 7 heteroatoms. The summed E-state index contributed by atoms with van der Waals surface area (Å²) in [6.45, 7) is 0. The van der Waals surface area contributed by atoms with Crippen molar-refractivity contribution in [3.63, 3.8) is 0 Å². The van der Waals surface area contributed by atoms with Gasteiger partial charge in [-0.2, -0.15) is 22.0 Å². The number of hydrogen-bond acceptors (Lipinski definition) is 1. The molecule has 0 saturated heterocycles. The maximum absolute atomic E-state index is 13.1. The molecule has 1 rings (SSSR count). The molecule has 0 amide bonds. The monoisotopic (exact) mass is 254 g/mol. The molecule has 0 heterocycles. The van der Waals surface area contributed by atoms with Crippen LogP contribution in [0, 0.1) is 0 Å². The fourth-order valence-electron chi connectivity index (χ4n) is 1.30. The molecular weight excluding hydrogens is 247 g/mol. The Morgan fingerprint density at radius 3 is 2.12 bits per heavy atom. The molecule has 0 aliphatic rings. The molecule has 0 saturated carbocycles. The van der Waals surface area contributed by atoms with Crippen LogP contribution in [0.5, 0.6) is 0 Å². The van der Waals surface area contributed by atoms with Gasteiger partial charge < -0.3 is 5.11 Å². The zero-order valence-corrected chi connectivity index (χ0v) is 8.26. The first-order chi connectivity index (χ1) is 7.66. The Hall–Kier alpha value is -1.66. The van der Waals surface area contributed by atoms with Crippen molar-refractivity contribution in [1.82, 2.24) is 0 Å². The second-order valence-electron chi connectivity index (χ2n) is 3.30. The van der Waals surface area contributed by atoms with E-state index in [-0.39, 0.29) is 0 Å². The van der Waals surface area contributed by atoms with Crippen molar-refractivity contribution >= 4 is 5.97 Å². The van der Waals surface area contributed by atoms with Gasteiger partial charge in [0.25, 0.3) is 0 Å². The van der Waals surface area contributed by atoms with Crippen molar-refractivity contribution in [3.05, 3.63) is 35.4 Å². The molecule has 0 aliphatic heterocycles. The fourth-order valence-corrected chi connectivity index (χ4v) is 1.30. The van der Waals surface area contributed by atoms with Crippen LogP contribution in [0.15, 0.2) is 24.3 Å². The molecule has 1 aromatic rings. The zero-order chi connectivity index (χ0) is 13.3. The van der Waals surface area contributed by atoms with E-state index in [1.54, 1.807) is 0 Å². The minimum atomic E-state index is -5.75. The maximum Gasteiger partial charge on any atom is 0.458 e. The molecule has 0 bridgehead atoms. The molecule has 0 aliphatic carbocycles. The normalized spacial score (nSPS) is 12.5. The summed E-state index contributed by atoms with van der Waals surface area (Å²) < 4.78 is 62.5. The first kappa shape index (κ1) is 13.4. The van der Waals surface area contributed by atoms with Gasteiger partial charge in [0.15, 0.2) is 0 Å².